The van der Waals surface area contributed by atoms with E-state index in [4.69, 9.17) is 5.73 Å². The van der Waals surface area contributed by atoms with Crippen LogP contribution in [0.3, 0.4) is 0 Å². The van der Waals surface area contributed by atoms with E-state index in [2.05, 4.69) is 37.7 Å². The normalized spacial score (nSPS) is 11.8. The molecule has 1 atom stereocenters. The molecular weight excluding hydrogens is 506 g/mol. The number of benzene rings is 2. The van der Waals surface area contributed by atoms with E-state index >= 15 is 0 Å². The third kappa shape index (κ3) is 4.33. The highest BCUT2D eigenvalue weighted by atomic mass is 16.2. The zero-order chi connectivity index (χ0) is 27.8. The smallest absolute Gasteiger partial charge is 0.264 e. The van der Waals surface area contributed by atoms with E-state index in [9.17, 15) is 9.59 Å². The molecule has 11 heteroatoms. The number of carbonyl (C=O) groups excluding carboxylic acids is 1. The summed E-state index contributed by atoms with van der Waals surface area (Å²) in [6.45, 7) is 1.81. The number of fused-ring (bicyclic) bond motifs is 2. The van der Waals surface area contributed by atoms with Gasteiger partial charge in [-0.2, -0.15) is 5.10 Å². The first-order valence-electron chi connectivity index (χ1n) is 12.4. The number of aromatic nitrogens is 7. The number of anilines is 1. The third-order valence-corrected chi connectivity index (χ3v) is 6.51. The number of amides is 1. The van der Waals surface area contributed by atoms with Crippen molar-refractivity contribution < 1.29 is 4.79 Å². The molecule has 0 aliphatic carbocycles. The predicted octanol–water partition coefficient (Wildman–Crippen LogP) is 2.63. The summed E-state index contributed by atoms with van der Waals surface area (Å²) in [6, 6.07) is 19.5. The third-order valence-electron chi connectivity index (χ3n) is 6.51. The molecule has 0 unspecified atom stereocenters. The number of rotatable bonds is 4. The Morgan fingerprint density at radius 3 is 2.62 bits per heavy atom. The van der Waals surface area contributed by atoms with Crippen LogP contribution in [0, 0.1) is 11.8 Å². The zero-order valence-electron chi connectivity index (χ0n) is 21.6. The van der Waals surface area contributed by atoms with Gasteiger partial charge in [0.25, 0.3) is 11.5 Å². The van der Waals surface area contributed by atoms with Gasteiger partial charge in [-0.15, -0.1) is 14.8 Å². The first-order chi connectivity index (χ1) is 19.4. The maximum atomic E-state index is 14.1. The lowest BCUT2D eigenvalue weighted by Crippen LogP contribution is -2.32. The van der Waals surface area contributed by atoms with Crippen LogP contribution in [0.1, 0.15) is 40.3 Å². The number of nitrogens with two attached hydrogens (primary N) is 1. The van der Waals surface area contributed by atoms with Crippen LogP contribution in [0.25, 0.3) is 22.0 Å². The van der Waals surface area contributed by atoms with Gasteiger partial charge in [0.2, 0.25) is 0 Å². The van der Waals surface area contributed by atoms with Crippen LogP contribution in [-0.4, -0.2) is 40.3 Å². The average Bonchev–Trinajstić information content (AvgIpc) is 3.53. The molecule has 4 heterocycles. The molecule has 1 amide bonds. The Kier molecular flexibility index (Phi) is 6.05. The van der Waals surface area contributed by atoms with Gasteiger partial charge in [-0.1, -0.05) is 36.3 Å². The largest absolute Gasteiger partial charge is 0.381 e. The van der Waals surface area contributed by atoms with Gasteiger partial charge >= 0.3 is 0 Å². The Morgan fingerprint density at radius 2 is 1.85 bits per heavy atom. The Bertz CT molecular complexity index is 2030. The van der Waals surface area contributed by atoms with Gasteiger partial charge < -0.3 is 11.1 Å². The molecule has 3 N–H and O–H groups in total. The summed E-state index contributed by atoms with van der Waals surface area (Å²) in [7, 11) is 1.82. The topological polar surface area (TPSA) is 138 Å². The highest BCUT2D eigenvalue weighted by Gasteiger charge is 2.23. The zero-order valence-corrected chi connectivity index (χ0v) is 21.6. The number of pyridine rings is 1. The molecule has 0 aliphatic rings. The average molecular weight is 530 g/mol. The van der Waals surface area contributed by atoms with Crippen molar-refractivity contribution in [1.29, 1.82) is 0 Å². The van der Waals surface area contributed by atoms with Crippen molar-refractivity contribution in [2.75, 3.05) is 5.73 Å². The lowest BCUT2D eigenvalue weighted by molar-refractivity contribution is 0.0941. The van der Waals surface area contributed by atoms with Gasteiger partial charge in [0.1, 0.15) is 16.8 Å². The Balaban J connectivity index is 1.48. The first kappa shape index (κ1) is 24.6. The van der Waals surface area contributed by atoms with Crippen molar-refractivity contribution in [2.45, 2.75) is 13.0 Å². The fourth-order valence-corrected chi connectivity index (χ4v) is 4.67. The molecule has 40 heavy (non-hydrogen) atoms. The van der Waals surface area contributed by atoms with Crippen molar-refractivity contribution in [2.24, 2.45) is 7.05 Å². The second kappa shape index (κ2) is 9.85. The SMILES string of the molecule is C[C@H](NC(=O)c1c(N)nn2nnccc12)c1cc2cccc(C#Cc3ccn(C)n3)c2c(=O)n1-c1ccccc1. The van der Waals surface area contributed by atoms with E-state index in [1.54, 1.807) is 15.3 Å². The second-order valence-electron chi connectivity index (χ2n) is 9.19. The van der Waals surface area contributed by atoms with E-state index in [1.807, 2.05) is 80.8 Å². The van der Waals surface area contributed by atoms with Crippen molar-refractivity contribution in [3.63, 3.8) is 0 Å². The van der Waals surface area contributed by atoms with Gasteiger partial charge in [0, 0.05) is 30.2 Å². The van der Waals surface area contributed by atoms with Gasteiger partial charge in [-0.05, 0) is 59.8 Å². The van der Waals surface area contributed by atoms with E-state index in [0.29, 0.717) is 38.9 Å². The predicted molar refractivity (Wildman–Crippen MR) is 150 cm³/mol. The summed E-state index contributed by atoms with van der Waals surface area (Å²) in [6.07, 6.45) is 3.27. The number of hydrogen-bond donors (Lipinski definition) is 2. The standard InChI is InChI=1S/C29H23N9O2/c1-18(32-28(39)26-23-13-15-31-35-38(23)34-27(26)30)24-17-20-8-6-7-19(11-12-21-14-16-36(2)33-21)25(20)29(40)37(24)22-9-4-3-5-10-22/h3-10,13-18H,1-2H3,(H2,30,34)(H,32,39)/t18-/m0/s1. The van der Waals surface area contributed by atoms with E-state index < -0.39 is 11.9 Å². The molecule has 0 saturated heterocycles. The minimum Gasteiger partial charge on any atom is -0.381 e. The van der Waals surface area contributed by atoms with Gasteiger partial charge in [-0.3, -0.25) is 18.8 Å². The fourth-order valence-electron chi connectivity index (χ4n) is 4.67. The summed E-state index contributed by atoms with van der Waals surface area (Å²) in [5, 5.41) is 20.2. The molecule has 4 aromatic heterocycles. The monoisotopic (exact) mass is 529 g/mol. The molecule has 0 saturated carbocycles. The summed E-state index contributed by atoms with van der Waals surface area (Å²) in [5.74, 6) is 5.74. The molecule has 196 valence electrons. The van der Waals surface area contributed by atoms with Crippen molar-refractivity contribution in [3.05, 3.63) is 112 Å². The minimum atomic E-state index is -0.586. The molecule has 0 bridgehead atoms. The Labute approximate surface area is 227 Å². The van der Waals surface area contributed by atoms with Gasteiger partial charge in [-0.25, -0.2) is 0 Å². The molecule has 0 aliphatic heterocycles. The molecule has 2 aromatic carbocycles. The molecule has 0 fully saturated rings. The van der Waals surface area contributed by atoms with Crippen molar-refractivity contribution in [3.8, 4) is 17.5 Å². The fraction of sp³-hybridized carbons (Fsp3) is 0.103. The molecule has 0 spiro atoms. The highest BCUT2D eigenvalue weighted by molar-refractivity contribution is 6.05. The van der Waals surface area contributed by atoms with Crippen LogP contribution in [0.5, 0.6) is 0 Å². The number of nitrogen functional groups attached to an aromatic ring is 1. The molecule has 6 aromatic rings. The summed E-state index contributed by atoms with van der Waals surface area (Å²) in [5.41, 5.74) is 8.83. The lowest BCUT2D eigenvalue weighted by Gasteiger charge is -2.21. The van der Waals surface area contributed by atoms with Crippen LogP contribution < -0.4 is 16.6 Å². The number of nitrogens with one attached hydrogen (secondary N) is 1. The quantitative estimate of drug-likeness (QED) is 0.335. The van der Waals surface area contributed by atoms with Crippen molar-refractivity contribution >= 4 is 28.0 Å². The minimum absolute atomic E-state index is 0.0280. The first-order valence-corrected chi connectivity index (χ1v) is 12.4. The number of carbonyl (C=O) groups is 1. The van der Waals surface area contributed by atoms with Crippen LogP contribution in [0.15, 0.2) is 83.9 Å². The van der Waals surface area contributed by atoms with Gasteiger partial charge in [0.05, 0.1) is 17.6 Å². The number of hydrogen-bond acceptors (Lipinski definition) is 7. The summed E-state index contributed by atoms with van der Waals surface area (Å²) < 4.78 is 4.48. The number of para-hydroxylation sites is 1. The van der Waals surface area contributed by atoms with E-state index in [1.165, 1.54) is 10.8 Å². The van der Waals surface area contributed by atoms with Crippen molar-refractivity contribution in [1.82, 2.24) is 39.7 Å². The van der Waals surface area contributed by atoms with Crippen LogP contribution >= 0.6 is 0 Å². The summed E-state index contributed by atoms with van der Waals surface area (Å²) in [4.78, 5) is 27.5. The Hall–Kier alpha value is -5.76. The van der Waals surface area contributed by atoms with Crippen LogP contribution in [-0.2, 0) is 7.05 Å². The maximum Gasteiger partial charge on any atom is 0.264 e. The Morgan fingerprint density at radius 1 is 1.02 bits per heavy atom. The maximum absolute atomic E-state index is 14.1. The molecule has 11 nitrogen and oxygen atoms in total. The second-order valence-corrected chi connectivity index (χ2v) is 9.19. The molecule has 0 radical (unpaired) electrons. The van der Waals surface area contributed by atoms with Gasteiger partial charge in [0.15, 0.2) is 5.82 Å². The highest BCUT2D eigenvalue weighted by Crippen LogP contribution is 2.24. The lowest BCUT2D eigenvalue weighted by atomic mass is 10.0. The molecular formula is C29H23N9O2. The van der Waals surface area contributed by atoms with Crippen LogP contribution in [0.4, 0.5) is 5.82 Å². The number of aryl methyl sites for hydroxylation is 1. The summed E-state index contributed by atoms with van der Waals surface area (Å²) >= 11 is 0. The van der Waals surface area contributed by atoms with E-state index in [-0.39, 0.29) is 16.9 Å². The van der Waals surface area contributed by atoms with E-state index in [0.717, 1.165) is 0 Å². The molecule has 6 rings (SSSR count). The number of nitrogens with zero attached hydrogens (tertiary/aromatic N) is 7. The van der Waals surface area contributed by atoms with Crippen LogP contribution in [0.2, 0.25) is 0 Å².